The van der Waals surface area contributed by atoms with Gasteiger partial charge in [-0.15, -0.1) is 11.3 Å². The van der Waals surface area contributed by atoms with Crippen LogP contribution in [-0.4, -0.2) is 11.0 Å². The Morgan fingerprint density at radius 3 is 2.81 bits per heavy atom. The van der Waals surface area contributed by atoms with Crippen LogP contribution in [0.15, 0.2) is 35.7 Å². The minimum atomic E-state index is -0.241. The number of hydrogen-bond donors (Lipinski definition) is 3. The summed E-state index contributed by atoms with van der Waals surface area (Å²) < 4.78 is 0. The summed E-state index contributed by atoms with van der Waals surface area (Å²) in [5.74, 6) is -0.278. The fourth-order valence-corrected chi connectivity index (χ4v) is 1.86. The zero-order chi connectivity index (χ0) is 11.5. The van der Waals surface area contributed by atoms with E-state index in [2.05, 4.69) is 5.32 Å². The molecule has 4 nitrogen and oxygen atoms in total. The normalized spacial score (nSPS) is 10.0. The lowest BCUT2D eigenvalue weighted by Gasteiger charge is -2.06. The van der Waals surface area contributed by atoms with Gasteiger partial charge in [0.2, 0.25) is 0 Å². The molecule has 1 aromatic carbocycles. The average Bonchev–Trinajstić information content (AvgIpc) is 2.75. The third kappa shape index (κ3) is 2.14. The average molecular weight is 234 g/mol. The molecular weight excluding hydrogens is 224 g/mol. The van der Waals surface area contributed by atoms with Crippen molar-refractivity contribution in [2.24, 2.45) is 0 Å². The number of nitrogens with two attached hydrogens (primary N) is 1. The van der Waals surface area contributed by atoms with E-state index in [1.807, 2.05) is 5.38 Å². The van der Waals surface area contributed by atoms with Crippen LogP contribution in [0.1, 0.15) is 9.67 Å². The molecule has 0 radical (unpaired) electrons. The van der Waals surface area contributed by atoms with Crippen molar-refractivity contribution in [3.8, 4) is 5.75 Å². The van der Waals surface area contributed by atoms with Crippen LogP contribution in [0.3, 0.4) is 0 Å². The van der Waals surface area contributed by atoms with Crippen molar-refractivity contribution in [3.63, 3.8) is 0 Å². The van der Waals surface area contributed by atoms with Crippen molar-refractivity contribution < 1.29 is 9.90 Å². The highest BCUT2D eigenvalue weighted by Gasteiger charge is 2.09. The van der Waals surface area contributed by atoms with Crippen LogP contribution in [0.2, 0.25) is 0 Å². The predicted molar refractivity (Wildman–Crippen MR) is 64.8 cm³/mol. The first kappa shape index (κ1) is 10.5. The molecule has 0 fully saturated rings. The summed E-state index contributed by atoms with van der Waals surface area (Å²) in [6.45, 7) is 0. The van der Waals surface area contributed by atoms with Gasteiger partial charge < -0.3 is 16.2 Å². The van der Waals surface area contributed by atoms with E-state index >= 15 is 0 Å². The van der Waals surface area contributed by atoms with Crippen LogP contribution in [0.25, 0.3) is 0 Å². The highest BCUT2D eigenvalue weighted by atomic mass is 32.1. The molecule has 0 aliphatic heterocycles. The number of nitrogens with one attached hydrogen (secondary N) is 1. The van der Waals surface area contributed by atoms with E-state index in [-0.39, 0.29) is 11.7 Å². The van der Waals surface area contributed by atoms with Crippen LogP contribution in [-0.2, 0) is 0 Å². The Labute approximate surface area is 96.3 Å². The second kappa shape index (κ2) is 4.24. The second-order valence-electron chi connectivity index (χ2n) is 3.21. The van der Waals surface area contributed by atoms with Crippen LogP contribution in [0.5, 0.6) is 5.75 Å². The van der Waals surface area contributed by atoms with Crippen LogP contribution in [0, 0.1) is 0 Å². The van der Waals surface area contributed by atoms with Crippen LogP contribution >= 0.6 is 11.3 Å². The first-order chi connectivity index (χ1) is 7.66. The van der Waals surface area contributed by atoms with E-state index < -0.39 is 0 Å². The lowest BCUT2D eigenvalue weighted by Crippen LogP contribution is -2.10. The minimum absolute atomic E-state index is 0.0371. The lowest BCUT2D eigenvalue weighted by atomic mass is 10.2. The number of phenols is 1. The van der Waals surface area contributed by atoms with Gasteiger partial charge in [-0.2, -0.15) is 0 Å². The zero-order valence-electron chi connectivity index (χ0n) is 8.31. The monoisotopic (exact) mass is 234 g/mol. The molecule has 1 amide bonds. The maximum absolute atomic E-state index is 11.7. The Balaban J connectivity index is 2.18. The molecule has 5 heteroatoms. The molecule has 0 bridgehead atoms. The topological polar surface area (TPSA) is 75.3 Å². The summed E-state index contributed by atoms with van der Waals surface area (Å²) in [6.07, 6.45) is 0. The summed E-state index contributed by atoms with van der Waals surface area (Å²) in [7, 11) is 0. The molecule has 16 heavy (non-hydrogen) atoms. The maximum Gasteiger partial charge on any atom is 0.265 e. The number of rotatable bonds is 2. The van der Waals surface area contributed by atoms with Crippen LogP contribution < -0.4 is 11.1 Å². The number of hydrogen-bond acceptors (Lipinski definition) is 4. The Morgan fingerprint density at radius 2 is 2.19 bits per heavy atom. The van der Waals surface area contributed by atoms with E-state index in [0.29, 0.717) is 16.3 Å². The minimum Gasteiger partial charge on any atom is -0.506 e. The molecule has 0 atom stereocenters. The number of benzene rings is 1. The summed E-state index contributed by atoms with van der Waals surface area (Å²) >= 11 is 1.34. The molecular formula is C11H10N2O2S. The molecule has 2 aromatic rings. The lowest BCUT2D eigenvalue weighted by molar-refractivity contribution is 0.103. The van der Waals surface area contributed by atoms with Gasteiger partial charge in [0, 0.05) is 11.8 Å². The number of thiophene rings is 1. The van der Waals surface area contributed by atoms with Gasteiger partial charge in [0.25, 0.3) is 5.91 Å². The van der Waals surface area contributed by atoms with Gasteiger partial charge in [-0.25, -0.2) is 0 Å². The van der Waals surface area contributed by atoms with Crippen molar-refractivity contribution in [2.75, 3.05) is 11.1 Å². The van der Waals surface area contributed by atoms with E-state index in [1.165, 1.54) is 17.4 Å². The molecule has 0 spiro atoms. The number of phenolic OH excluding ortho intramolecular Hbond substituents is 1. The molecule has 1 aromatic heterocycles. The number of anilines is 2. The first-order valence-corrected chi connectivity index (χ1v) is 5.48. The highest BCUT2D eigenvalue weighted by Crippen LogP contribution is 2.26. The summed E-state index contributed by atoms with van der Waals surface area (Å²) in [4.78, 5) is 12.3. The number of carbonyl (C=O) groups is 1. The fourth-order valence-electron chi connectivity index (χ4n) is 1.25. The Morgan fingerprint density at radius 1 is 1.38 bits per heavy atom. The summed E-state index contributed by atoms with van der Waals surface area (Å²) in [5.41, 5.74) is 6.29. The van der Waals surface area contributed by atoms with Gasteiger partial charge in [0.1, 0.15) is 5.75 Å². The Hall–Kier alpha value is -2.01. The van der Waals surface area contributed by atoms with E-state index in [0.717, 1.165) is 0 Å². The fraction of sp³-hybridized carbons (Fsp3) is 0. The molecule has 82 valence electrons. The standard InChI is InChI=1S/C11H10N2O2S/c12-7-3-4-8(9(14)6-7)13-11(15)10-2-1-5-16-10/h1-6,14H,12H2,(H,13,15). The van der Waals surface area contributed by atoms with E-state index in [4.69, 9.17) is 5.73 Å². The number of amides is 1. The SMILES string of the molecule is Nc1ccc(NC(=O)c2cccs2)c(O)c1. The predicted octanol–water partition coefficient (Wildman–Crippen LogP) is 2.29. The number of nitrogen functional groups attached to an aromatic ring is 1. The largest absolute Gasteiger partial charge is 0.506 e. The third-order valence-electron chi connectivity index (χ3n) is 2.01. The van der Waals surface area contributed by atoms with Crippen molar-refractivity contribution in [2.45, 2.75) is 0 Å². The summed E-state index contributed by atoms with van der Waals surface area (Å²) in [6, 6.07) is 8.08. The van der Waals surface area contributed by atoms with Crippen molar-refractivity contribution in [1.82, 2.24) is 0 Å². The molecule has 0 saturated heterocycles. The molecule has 2 rings (SSSR count). The quantitative estimate of drug-likeness (QED) is 0.551. The Bertz CT molecular complexity index is 509. The summed E-state index contributed by atoms with van der Waals surface area (Å²) in [5, 5.41) is 14.0. The first-order valence-electron chi connectivity index (χ1n) is 4.60. The van der Waals surface area contributed by atoms with Gasteiger partial charge in [-0.05, 0) is 23.6 Å². The van der Waals surface area contributed by atoms with Gasteiger partial charge in [0.05, 0.1) is 10.6 Å². The van der Waals surface area contributed by atoms with Crippen LogP contribution in [0.4, 0.5) is 11.4 Å². The number of aromatic hydroxyl groups is 1. The second-order valence-corrected chi connectivity index (χ2v) is 4.16. The Kier molecular flexibility index (Phi) is 2.78. The number of carbonyl (C=O) groups excluding carboxylic acids is 1. The molecule has 0 saturated carbocycles. The van der Waals surface area contributed by atoms with Crippen molar-refractivity contribution in [3.05, 3.63) is 40.6 Å². The van der Waals surface area contributed by atoms with Crippen molar-refractivity contribution >= 4 is 28.6 Å². The zero-order valence-corrected chi connectivity index (χ0v) is 9.12. The molecule has 1 heterocycles. The van der Waals surface area contributed by atoms with Crippen molar-refractivity contribution in [1.29, 1.82) is 0 Å². The van der Waals surface area contributed by atoms with Gasteiger partial charge in [-0.3, -0.25) is 4.79 Å². The molecule has 0 unspecified atom stereocenters. The molecule has 0 aliphatic carbocycles. The molecule has 4 N–H and O–H groups in total. The maximum atomic E-state index is 11.7. The highest BCUT2D eigenvalue weighted by molar-refractivity contribution is 7.12. The van der Waals surface area contributed by atoms with E-state index in [1.54, 1.807) is 24.3 Å². The third-order valence-corrected chi connectivity index (χ3v) is 2.88. The van der Waals surface area contributed by atoms with Gasteiger partial charge >= 0.3 is 0 Å². The van der Waals surface area contributed by atoms with E-state index in [9.17, 15) is 9.90 Å². The smallest absolute Gasteiger partial charge is 0.265 e. The van der Waals surface area contributed by atoms with Gasteiger partial charge in [-0.1, -0.05) is 6.07 Å². The van der Waals surface area contributed by atoms with Gasteiger partial charge in [0.15, 0.2) is 0 Å². The molecule has 0 aliphatic rings.